The molecule has 0 saturated carbocycles. The van der Waals surface area contributed by atoms with Gasteiger partial charge in [0.25, 0.3) is 0 Å². The summed E-state index contributed by atoms with van der Waals surface area (Å²) in [6.45, 7) is 10.0. The molecule has 0 heterocycles. The smallest absolute Gasteiger partial charge is 0.220 e. The lowest BCUT2D eigenvalue weighted by molar-refractivity contribution is -0.121. The van der Waals surface area contributed by atoms with Crippen LogP contribution in [0.2, 0.25) is 0 Å². The second kappa shape index (κ2) is 11.7. The number of methoxy groups -OCH3 is 1. The van der Waals surface area contributed by atoms with Gasteiger partial charge in [0.2, 0.25) is 5.91 Å². The summed E-state index contributed by atoms with van der Waals surface area (Å²) in [7, 11) is 1.69. The zero-order valence-electron chi connectivity index (χ0n) is 12.3. The molecule has 1 amide bonds. The summed E-state index contributed by atoms with van der Waals surface area (Å²) in [5.74, 6) is 0.107. The first-order valence-corrected chi connectivity index (χ1v) is 6.82. The molecule has 0 fully saturated rings. The molecular weight excluding hydrogens is 238 g/mol. The van der Waals surface area contributed by atoms with Gasteiger partial charge in [0.05, 0.1) is 6.10 Å². The largest absolute Gasteiger partial charge is 0.377 e. The molecule has 3 nitrogen and oxygen atoms in total. The molecule has 1 unspecified atom stereocenters. The topological polar surface area (TPSA) is 38.3 Å². The monoisotopic (exact) mass is 265 g/mol. The lowest BCUT2D eigenvalue weighted by Gasteiger charge is -2.09. The lowest BCUT2D eigenvalue weighted by atomic mass is 10.1. The van der Waals surface area contributed by atoms with Gasteiger partial charge in [-0.2, -0.15) is 0 Å². The lowest BCUT2D eigenvalue weighted by Crippen LogP contribution is -2.24. The molecule has 0 aromatic rings. The van der Waals surface area contributed by atoms with Crippen molar-refractivity contribution in [2.24, 2.45) is 0 Å². The molecule has 19 heavy (non-hydrogen) atoms. The Morgan fingerprint density at radius 2 is 2.11 bits per heavy atom. The SMILES string of the molecule is C=CCCCC(=O)NC/C(C)=C\CCC(C=C)OC. The number of hydrogen-bond acceptors (Lipinski definition) is 2. The highest BCUT2D eigenvalue weighted by molar-refractivity contribution is 5.76. The van der Waals surface area contributed by atoms with E-state index in [9.17, 15) is 4.79 Å². The Labute approximate surface area is 117 Å². The van der Waals surface area contributed by atoms with Crippen molar-refractivity contribution in [2.45, 2.75) is 45.1 Å². The summed E-state index contributed by atoms with van der Waals surface area (Å²) in [6, 6.07) is 0. The van der Waals surface area contributed by atoms with Crippen LogP contribution in [0.3, 0.4) is 0 Å². The van der Waals surface area contributed by atoms with Crippen LogP contribution in [0, 0.1) is 0 Å². The van der Waals surface area contributed by atoms with Gasteiger partial charge in [0.15, 0.2) is 0 Å². The summed E-state index contributed by atoms with van der Waals surface area (Å²) in [6.07, 6.45) is 10.1. The van der Waals surface area contributed by atoms with Gasteiger partial charge < -0.3 is 10.1 Å². The minimum absolute atomic E-state index is 0.107. The average Bonchev–Trinajstić information content (AvgIpc) is 2.41. The first-order valence-electron chi connectivity index (χ1n) is 6.82. The molecule has 0 spiro atoms. The molecule has 0 aliphatic rings. The maximum absolute atomic E-state index is 11.5. The summed E-state index contributed by atoms with van der Waals surface area (Å²) < 4.78 is 5.21. The van der Waals surface area contributed by atoms with Crippen LogP contribution in [0.25, 0.3) is 0 Å². The number of nitrogens with one attached hydrogen (secondary N) is 1. The van der Waals surface area contributed by atoms with Gasteiger partial charge in [-0.05, 0) is 32.6 Å². The standard InChI is InChI=1S/C16H27NO2/c1-5-7-8-12-16(18)17-13-14(3)10-9-11-15(6-2)19-4/h5-6,10,15H,1-2,7-9,11-13H2,3-4H3,(H,17,18)/b14-10-. The Balaban J connectivity index is 3.77. The fourth-order valence-corrected chi connectivity index (χ4v) is 1.63. The van der Waals surface area contributed by atoms with E-state index in [0.29, 0.717) is 13.0 Å². The van der Waals surface area contributed by atoms with Crippen molar-refractivity contribution in [2.75, 3.05) is 13.7 Å². The molecule has 0 rings (SSSR count). The molecule has 1 atom stereocenters. The van der Waals surface area contributed by atoms with Crippen LogP contribution in [0.1, 0.15) is 39.0 Å². The van der Waals surface area contributed by atoms with Gasteiger partial charge in [-0.25, -0.2) is 0 Å². The molecule has 0 aliphatic heterocycles. The van der Waals surface area contributed by atoms with E-state index < -0.39 is 0 Å². The fraction of sp³-hybridized carbons (Fsp3) is 0.562. The average molecular weight is 265 g/mol. The van der Waals surface area contributed by atoms with Gasteiger partial charge in [0, 0.05) is 20.1 Å². The highest BCUT2D eigenvalue weighted by Gasteiger charge is 2.01. The van der Waals surface area contributed by atoms with Crippen molar-refractivity contribution < 1.29 is 9.53 Å². The van der Waals surface area contributed by atoms with E-state index in [0.717, 1.165) is 25.7 Å². The molecule has 0 aromatic heterocycles. The van der Waals surface area contributed by atoms with E-state index in [2.05, 4.69) is 24.6 Å². The minimum atomic E-state index is 0.107. The number of carbonyl (C=O) groups is 1. The van der Waals surface area contributed by atoms with E-state index in [1.54, 1.807) is 7.11 Å². The van der Waals surface area contributed by atoms with Gasteiger partial charge in [-0.1, -0.05) is 23.8 Å². The normalized spacial score (nSPS) is 12.8. The maximum Gasteiger partial charge on any atom is 0.220 e. The van der Waals surface area contributed by atoms with Crippen molar-refractivity contribution in [3.05, 3.63) is 37.0 Å². The quantitative estimate of drug-likeness (QED) is 0.459. The molecule has 0 aromatic carbocycles. The number of hydrogen-bond donors (Lipinski definition) is 1. The van der Waals surface area contributed by atoms with Crippen molar-refractivity contribution >= 4 is 5.91 Å². The predicted molar refractivity (Wildman–Crippen MR) is 81.0 cm³/mol. The van der Waals surface area contributed by atoms with E-state index in [1.165, 1.54) is 5.57 Å². The Bertz CT molecular complexity index is 308. The highest BCUT2D eigenvalue weighted by atomic mass is 16.5. The maximum atomic E-state index is 11.5. The Kier molecular flexibility index (Phi) is 10.9. The summed E-state index contributed by atoms with van der Waals surface area (Å²) in [5.41, 5.74) is 1.18. The third kappa shape index (κ3) is 10.3. The number of amides is 1. The van der Waals surface area contributed by atoms with E-state index in [1.807, 2.05) is 19.1 Å². The van der Waals surface area contributed by atoms with Gasteiger partial charge >= 0.3 is 0 Å². The number of unbranched alkanes of at least 4 members (excludes halogenated alkanes) is 1. The van der Waals surface area contributed by atoms with Crippen LogP contribution in [0.4, 0.5) is 0 Å². The highest BCUT2D eigenvalue weighted by Crippen LogP contribution is 2.05. The number of carbonyl (C=O) groups excluding carboxylic acids is 1. The van der Waals surface area contributed by atoms with Crippen molar-refractivity contribution in [1.29, 1.82) is 0 Å². The van der Waals surface area contributed by atoms with Crippen LogP contribution in [-0.2, 0) is 9.53 Å². The summed E-state index contributed by atoms with van der Waals surface area (Å²) in [5, 5.41) is 2.91. The molecule has 108 valence electrons. The van der Waals surface area contributed by atoms with E-state index >= 15 is 0 Å². The number of allylic oxidation sites excluding steroid dienone is 2. The van der Waals surface area contributed by atoms with Crippen LogP contribution in [0.15, 0.2) is 37.0 Å². The number of ether oxygens (including phenoxy) is 1. The zero-order chi connectivity index (χ0) is 14.5. The zero-order valence-corrected chi connectivity index (χ0v) is 12.3. The third-order valence-corrected chi connectivity index (χ3v) is 2.89. The summed E-state index contributed by atoms with van der Waals surface area (Å²) >= 11 is 0. The minimum Gasteiger partial charge on any atom is -0.377 e. The van der Waals surface area contributed by atoms with Crippen molar-refractivity contribution in [3.63, 3.8) is 0 Å². The van der Waals surface area contributed by atoms with Gasteiger partial charge in [0.1, 0.15) is 0 Å². The van der Waals surface area contributed by atoms with E-state index in [4.69, 9.17) is 4.74 Å². The molecule has 0 bridgehead atoms. The molecule has 0 radical (unpaired) electrons. The van der Waals surface area contributed by atoms with Crippen LogP contribution in [-0.4, -0.2) is 25.7 Å². The van der Waals surface area contributed by atoms with Crippen LogP contribution < -0.4 is 5.32 Å². The second-order valence-corrected chi connectivity index (χ2v) is 4.60. The third-order valence-electron chi connectivity index (χ3n) is 2.89. The first-order chi connectivity index (χ1) is 9.13. The van der Waals surface area contributed by atoms with Gasteiger partial charge in [-0.15, -0.1) is 13.2 Å². The predicted octanol–water partition coefficient (Wildman–Crippen LogP) is 3.39. The first kappa shape index (κ1) is 17.6. The molecule has 1 N–H and O–H groups in total. The van der Waals surface area contributed by atoms with Crippen LogP contribution >= 0.6 is 0 Å². The van der Waals surface area contributed by atoms with Crippen LogP contribution in [0.5, 0.6) is 0 Å². The molecule has 0 saturated heterocycles. The molecule has 0 aliphatic carbocycles. The molecule has 3 heteroatoms. The number of rotatable bonds is 11. The second-order valence-electron chi connectivity index (χ2n) is 4.60. The van der Waals surface area contributed by atoms with Crippen molar-refractivity contribution in [3.8, 4) is 0 Å². The molecular formula is C16H27NO2. The Morgan fingerprint density at radius 3 is 2.68 bits per heavy atom. The fourth-order valence-electron chi connectivity index (χ4n) is 1.63. The van der Waals surface area contributed by atoms with E-state index in [-0.39, 0.29) is 12.0 Å². The van der Waals surface area contributed by atoms with Gasteiger partial charge in [-0.3, -0.25) is 4.79 Å². The summed E-state index contributed by atoms with van der Waals surface area (Å²) in [4.78, 5) is 11.5. The Hall–Kier alpha value is -1.35. The van der Waals surface area contributed by atoms with Crippen molar-refractivity contribution in [1.82, 2.24) is 5.32 Å². The Morgan fingerprint density at radius 1 is 1.37 bits per heavy atom.